The van der Waals surface area contributed by atoms with Crippen LogP contribution in [0.2, 0.25) is 0 Å². The van der Waals surface area contributed by atoms with E-state index in [9.17, 15) is 14.0 Å². The summed E-state index contributed by atoms with van der Waals surface area (Å²) >= 11 is 3.27. The van der Waals surface area contributed by atoms with Crippen molar-refractivity contribution in [3.8, 4) is 0 Å². The van der Waals surface area contributed by atoms with Gasteiger partial charge >= 0.3 is 0 Å². The number of hydrogen-bond donors (Lipinski definition) is 2. The minimum Gasteiger partial charge on any atom is -0.345 e. The fraction of sp³-hybridized carbons (Fsp3) is 0.200. The quantitative estimate of drug-likeness (QED) is 0.814. The van der Waals surface area contributed by atoms with Crippen LogP contribution in [-0.2, 0) is 18.3 Å². The van der Waals surface area contributed by atoms with Gasteiger partial charge < -0.3 is 4.57 Å². The number of carbonyl (C=O) groups is 2. The van der Waals surface area contributed by atoms with Crippen LogP contribution in [0.25, 0.3) is 0 Å². The summed E-state index contributed by atoms with van der Waals surface area (Å²) < 4.78 is 15.4. The number of nitrogens with zero attached hydrogens (tertiary/aromatic N) is 1. The molecule has 22 heavy (non-hydrogen) atoms. The summed E-state index contributed by atoms with van der Waals surface area (Å²) in [7, 11) is 1.73. The molecule has 1 aromatic carbocycles. The van der Waals surface area contributed by atoms with Gasteiger partial charge in [-0.2, -0.15) is 0 Å². The average Bonchev–Trinajstić information content (AvgIpc) is 2.81. The monoisotopic (exact) mass is 367 g/mol. The highest BCUT2D eigenvalue weighted by Gasteiger charge is 2.11. The van der Waals surface area contributed by atoms with E-state index < -0.39 is 5.91 Å². The third kappa shape index (κ3) is 4.42. The SMILES string of the molecule is Cn1cc(Br)cc1C(=O)NNC(=O)CCc1cccc(F)c1. The number of halogens is 2. The van der Waals surface area contributed by atoms with Gasteiger partial charge in [0, 0.05) is 24.1 Å². The topological polar surface area (TPSA) is 63.1 Å². The minimum absolute atomic E-state index is 0.153. The Morgan fingerprint density at radius 3 is 2.68 bits per heavy atom. The maximum Gasteiger partial charge on any atom is 0.286 e. The van der Waals surface area contributed by atoms with Crippen LogP contribution in [-0.4, -0.2) is 16.4 Å². The fourth-order valence-corrected chi connectivity index (χ4v) is 2.48. The number of nitrogens with one attached hydrogen (secondary N) is 2. The van der Waals surface area contributed by atoms with Crippen molar-refractivity contribution in [2.24, 2.45) is 7.05 Å². The van der Waals surface area contributed by atoms with Crippen LogP contribution in [0.4, 0.5) is 4.39 Å². The molecule has 0 saturated heterocycles. The van der Waals surface area contributed by atoms with Crippen LogP contribution in [0.3, 0.4) is 0 Å². The molecule has 2 amide bonds. The summed E-state index contributed by atoms with van der Waals surface area (Å²) in [5, 5.41) is 0. The van der Waals surface area contributed by atoms with Crippen molar-refractivity contribution in [1.82, 2.24) is 15.4 Å². The molecule has 2 rings (SSSR count). The normalized spacial score (nSPS) is 10.3. The third-order valence-electron chi connectivity index (χ3n) is 3.05. The Morgan fingerprint density at radius 2 is 2.05 bits per heavy atom. The van der Waals surface area contributed by atoms with Gasteiger partial charge in [-0.3, -0.25) is 20.4 Å². The molecular formula is C15H15BrFN3O2. The minimum atomic E-state index is -0.410. The van der Waals surface area contributed by atoms with Crippen molar-refractivity contribution in [3.63, 3.8) is 0 Å². The molecule has 0 fully saturated rings. The van der Waals surface area contributed by atoms with E-state index in [0.717, 1.165) is 10.0 Å². The lowest BCUT2D eigenvalue weighted by molar-refractivity contribution is -0.121. The lowest BCUT2D eigenvalue weighted by Gasteiger charge is -2.08. The Labute approximate surface area is 135 Å². The summed E-state index contributed by atoms with van der Waals surface area (Å²) in [5.41, 5.74) is 5.83. The van der Waals surface area contributed by atoms with Gasteiger partial charge in [-0.15, -0.1) is 0 Å². The predicted molar refractivity (Wildman–Crippen MR) is 83.4 cm³/mol. The first-order chi connectivity index (χ1) is 10.5. The number of rotatable bonds is 4. The first kappa shape index (κ1) is 16.2. The molecule has 1 heterocycles. The van der Waals surface area contributed by atoms with Crippen LogP contribution in [0.5, 0.6) is 0 Å². The first-order valence-corrected chi connectivity index (χ1v) is 7.40. The predicted octanol–water partition coefficient (Wildman–Crippen LogP) is 2.32. The molecule has 0 saturated carbocycles. The third-order valence-corrected chi connectivity index (χ3v) is 3.48. The van der Waals surface area contributed by atoms with Crippen LogP contribution >= 0.6 is 15.9 Å². The summed E-state index contributed by atoms with van der Waals surface area (Å²) in [6, 6.07) is 7.72. The van der Waals surface area contributed by atoms with Crippen molar-refractivity contribution < 1.29 is 14.0 Å². The number of benzene rings is 1. The standard InChI is InChI=1S/C15H15BrFN3O2/c1-20-9-11(16)8-13(20)15(22)19-18-14(21)6-5-10-3-2-4-12(17)7-10/h2-4,7-9H,5-6H2,1H3,(H,18,21)(H,19,22). The Morgan fingerprint density at radius 1 is 1.27 bits per heavy atom. The Kier molecular flexibility index (Phi) is 5.32. The van der Waals surface area contributed by atoms with Gasteiger partial charge in [0.1, 0.15) is 11.5 Å². The summed E-state index contributed by atoms with van der Waals surface area (Å²) in [5.74, 6) is -1.08. The Hall–Kier alpha value is -2.15. The highest BCUT2D eigenvalue weighted by molar-refractivity contribution is 9.10. The van der Waals surface area contributed by atoms with E-state index in [0.29, 0.717) is 12.1 Å². The zero-order chi connectivity index (χ0) is 16.1. The molecule has 2 aromatic rings. The fourth-order valence-electron chi connectivity index (χ4n) is 1.95. The molecule has 0 unspecified atom stereocenters. The number of aromatic nitrogens is 1. The lowest BCUT2D eigenvalue weighted by atomic mass is 10.1. The highest BCUT2D eigenvalue weighted by Crippen LogP contribution is 2.13. The van der Waals surface area contributed by atoms with Gasteiger partial charge in [0.25, 0.3) is 5.91 Å². The van der Waals surface area contributed by atoms with Gasteiger partial charge in [-0.1, -0.05) is 12.1 Å². The van der Waals surface area contributed by atoms with Crippen molar-refractivity contribution in [2.75, 3.05) is 0 Å². The van der Waals surface area contributed by atoms with Crippen molar-refractivity contribution >= 4 is 27.7 Å². The highest BCUT2D eigenvalue weighted by atomic mass is 79.9. The number of amides is 2. The molecule has 0 spiro atoms. The van der Waals surface area contributed by atoms with Gasteiger partial charge in [-0.25, -0.2) is 4.39 Å². The van der Waals surface area contributed by atoms with E-state index in [1.54, 1.807) is 36.0 Å². The van der Waals surface area contributed by atoms with E-state index >= 15 is 0 Å². The second-order valence-corrected chi connectivity index (χ2v) is 5.70. The van der Waals surface area contributed by atoms with Gasteiger partial charge in [0.05, 0.1) is 0 Å². The van der Waals surface area contributed by atoms with Gasteiger partial charge in [0.15, 0.2) is 0 Å². The molecule has 0 aliphatic rings. The molecule has 0 radical (unpaired) electrons. The van der Waals surface area contributed by atoms with Crippen molar-refractivity contribution in [3.05, 3.63) is 58.1 Å². The maximum absolute atomic E-state index is 13.0. The van der Waals surface area contributed by atoms with Gasteiger partial charge in [0.2, 0.25) is 5.91 Å². The Balaban J connectivity index is 1.80. The molecule has 0 bridgehead atoms. The average molecular weight is 368 g/mol. The first-order valence-electron chi connectivity index (χ1n) is 6.61. The van der Waals surface area contributed by atoms with Crippen molar-refractivity contribution in [2.45, 2.75) is 12.8 Å². The molecule has 1 aromatic heterocycles. The van der Waals surface area contributed by atoms with Crippen LogP contribution in [0.1, 0.15) is 22.5 Å². The van der Waals surface area contributed by atoms with Gasteiger partial charge in [-0.05, 0) is 46.1 Å². The molecular weight excluding hydrogens is 353 g/mol. The molecule has 0 atom stereocenters. The number of hydrogen-bond acceptors (Lipinski definition) is 2. The second kappa shape index (κ2) is 7.22. The summed E-state index contributed by atoms with van der Waals surface area (Å²) in [6.07, 6.45) is 2.29. The number of carbonyl (C=O) groups excluding carboxylic acids is 2. The molecule has 116 valence electrons. The zero-order valence-corrected chi connectivity index (χ0v) is 13.5. The van der Waals surface area contributed by atoms with E-state index in [2.05, 4.69) is 26.8 Å². The van der Waals surface area contributed by atoms with Crippen molar-refractivity contribution in [1.29, 1.82) is 0 Å². The Bertz CT molecular complexity index is 700. The number of hydrazine groups is 1. The largest absolute Gasteiger partial charge is 0.345 e. The molecule has 5 nitrogen and oxygen atoms in total. The second-order valence-electron chi connectivity index (χ2n) is 4.79. The van der Waals surface area contributed by atoms with E-state index in [-0.39, 0.29) is 18.1 Å². The molecule has 0 aliphatic heterocycles. The van der Waals surface area contributed by atoms with Crippen LogP contribution in [0, 0.1) is 5.82 Å². The number of aryl methyl sites for hydroxylation is 2. The smallest absolute Gasteiger partial charge is 0.286 e. The molecule has 0 aliphatic carbocycles. The van der Waals surface area contributed by atoms with Crippen LogP contribution < -0.4 is 10.9 Å². The van der Waals surface area contributed by atoms with E-state index in [1.807, 2.05) is 0 Å². The maximum atomic E-state index is 13.0. The summed E-state index contributed by atoms with van der Waals surface area (Å²) in [4.78, 5) is 23.6. The van der Waals surface area contributed by atoms with E-state index in [1.165, 1.54) is 12.1 Å². The molecule has 2 N–H and O–H groups in total. The summed E-state index contributed by atoms with van der Waals surface area (Å²) in [6.45, 7) is 0. The van der Waals surface area contributed by atoms with Crippen LogP contribution in [0.15, 0.2) is 41.0 Å². The molecule has 7 heteroatoms. The lowest BCUT2D eigenvalue weighted by Crippen LogP contribution is -2.42. The van der Waals surface area contributed by atoms with E-state index in [4.69, 9.17) is 0 Å². The zero-order valence-electron chi connectivity index (χ0n) is 11.9.